The van der Waals surface area contributed by atoms with Crippen LogP contribution in [0.5, 0.6) is 0 Å². The fourth-order valence-electron chi connectivity index (χ4n) is 1.56. The van der Waals surface area contributed by atoms with Crippen molar-refractivity contribution in [2.75, 3.05) is 5.32 Å². The highest BCUT2D eigenvalue weighted by molar-refractivity contribution is 5.46. The molecule has 0 fully saturated rings. The Hall–Kier alpha value is -1.88. The maximum absolute atomic E-state index is 9.05. The Morgan fingerprint density at radius 3 is 2.94 bits per heavy atom. The molecule has 2 N–H and O–H groups in total. The second-order valence-corrected chi connectivity index (χ2v) is 3.90. The van der Waals surface area contributed by atoms with Gasteiger partial charge >= 0.3 is 0 Å². The standard InChI is InChI=1S/C12H15N3O2/c1-8(12-14-9(2)15-17-12)13-11-5-3-4-10(6-11)7-16/h3-6,8,13,16H,7H2,1-2H3. The molecule has 1 heterocycles. The third-order valence-corrected chi connectivity index (χ3v) is 2.41. The van der Waals surface area contributed by atoms with Crippen LogP contribution in [0.4, 0.5) is 5.69 Å². The van der Waals surface area contributed by atoms with Gasteiger partial charge in [-0.3, -0.25) is 0 Å². The first kappa shape index (κ1) is 11.6. The summed E-state index contributed by atoms with van der Waals surface area (Å²) < 4.78 is 5.08. The first-order chi connectivity index (χ1) is 8.19. The molecule has 0 aliphatic rings. The molecule has 0 saturated carbocycles. The van der Waals surface area contributed by atoms with Gasteiger partial charge < -0.3 is 14.9 Å². The van der Waals surface area contributed by atoms with Gasteiger partial charge in [0.25, 0.3) is 0 Å². The molecule has 1 atom stereocenters. The van der Waals surface area contributed by atoms with E-state index in [1.165, 1.54) is 0 Å². The van der Waals surface area contributed by atoms with Crippen molar-refractivity contribution in [3.63, 3.8) is 0 Å². The van der Waals surface area contributed by atoms with Crippen molar-refractivity contribution in [3.05, 3.63) is 41.5 Å². The van der Waals surface area contributed by atoms with Crippen LogP contribution >= 0.6 is 0 Å². The van der Waals surface area contributed by atoms with Crippen molar-refractivity contribution < 1.29 is 9.63 Å². The zero-order chi connectivity index (χ0) is 12.3. The molecule has 0 aliphatic heterocycles. The van der Waals surface area contributed by atoms with E-state index in [0.29, 0.717) is 11.7 Å². The number of anilines is 1. The van der Waals surface area contributed by atoms with Crippen LogP contribution in [0.2, 0.25) is 0 Å². The Balaban J connectivity index is 2.09. The van der Waals surface area contributed by atoms with Crippen LogP contribution in [0, 0.1) is 6.92 Å². The summed E-state index contributed by atoms with van der Waals surface area (Å²) in [6, 6.07) is 7.51. The number of rotatable bonds is 4. The molecule has 0 radical (unpaired) electrons. The van der Waals surface area contributed by atoms with Crippen molar-refractivity contribution in [2.45, 2.75) is 26.5 Å². The number of hydrogen-bond donors (Lipinski definition) is 2. The number of aromatic nitrogens is 2. The molecule has 2 rings (SSSR count). The summed E-state index contributed by atoms with van der Waals surface area (Å²) in [5.41, 5.74) is 1.78. The molecule has 5 heteroatoms. The van der Waals surface area contributed by atoms with Crippen molar-refractivity contribution in [1.29, 1.82) is 0 Å². The SMILES string of the molecule is Cc1noc(C(C)Nc2cccc(CO)c2)n1. The first-order valence-corrected chi connectivity index (χ1v) is 5.45. The van der Waals surface area contributed by atoms with E-state index in [2.05, 4.69) is 15.5 Å². The number of hydrogen-bond acceptors (Lipinski definition) is 5. The molecular formula is C12H15N3O2. The molecule has 17 heavy (non-hydrogen) atoms. The molecule has 1 aromatic carbocycles. The number of nitrogens with one attached hydrogen (secondary N) is 1. The van der Waals surface area contributed by atoms with Gasteiger partial charge in [0.05, 0.1) is 6.61 Å². The van der Waals surface area contributed by atoms with E-state index in [4.69, 9.17) is 9.63 Å². The molecule has 0 saturated heterocycles. The molecule has 0 amide bonds. The van der Waals surface area contributed by atoms with Crippen molar-refractivity contribution in [1.82, 2.24) is 10.1 Å². The van der Waals surface area contributed by atoms with Crippen LogP contribution in [-0.4, -0.2) is 15.2 Å². The van der Waals surface area contributed by atoms with Gasteiger partial charge in [0.1, 0.15) is 6.04 Å². The summed E-state index contributed by atoms with van der Waals surface area (Å²) in [4.78, 5) is 4.16. The summed E-state index contributed by atoms with van der Waals surface area (Å²) >= 11 is 0. The number of nitrogens with zero attached hydrogens (tertiary/aromatic N) is 2. The van der Waals surface area contributed by atoms with Crippen molar-refractivity contribution >= 4 is 5.69 Å². The van der Waals surface area contributed by atoms with Crippen LogP contribution in [0.3, 0.4) is 0 Å². The Bertz CT molecular complexity index is 496. The van der Waals surface area contributed by atoms with Gasteiger partial charge in [-0.05, 0) is 31.5 Å². The second-order valence-electron chi connectivity index (χ2n) is 3.90. The Kier molecular flexibility index (Phi) is 3.39. The van der Waals surface area contributed by atoms with Crippen molar-refractivity contribution in [3.8, 4) is 0 Å². The Morgan fingerprint density at radius 2 is 2.29 bits per heavy atom. The van der Waals surface area contributed by atoms with Gasteiger partial charge in [-0.25, -0.2) is 0 Å². The van der Waals surface area contributed by atoms with E-state index in [0.717, 1.165) is 11.3 Å². The minimum atomic E-state index is -0.0647. The van der Waals surface area contributed by atoms with E-state index < -0.39 is 0 Å². The maximum atomic E-state index is 9.05. The lowest BCUT2D eigenvalue weighted by molar-refractivity contribution is 0.282. The molecule has 2 aromatic rings. The summed E-state index contributed by atoms with van der Waals surface area (Å²) in [7, 11) is 0. The van der Waals surface area contributed by atoms with Gasteiger partial charge in [0.2, 0.25) is 5.89 Å². The summed E-state index contributed by atoms with van der Waals surface area (Å²) in [6.07, 6.45) is 0. The van der Waals surface area contributed by atoms with Crippen molar-refractivity contribution in [2.24, 2.45) is 0 Å². The molecule has 0 spiro atoms. The molecule has 0 aliphatic carbocycles. The lowest BCUT2D eigenvalue weighted by Gasteiger charge is -2.11. The van der Waals surface area contributed by atoms with Gasteiger partial charge in [-0.1, -0.05) is 17.3 Å². The van der Waals surface area contributed by atoms with E-state index in [9.17, 15) is 0 Å². The predicted molar refractivity (Wildman–Crippen MR) is 63.4 cm³/mol. The topological polar surface area (TPSA) is 71.2 Å². The fraction of sp³-hybridized carbons (Fsp3) is 0.333. The Morgan fingerprint density at radius 1 is 1.47 bits per heavy atom. The van der Waals surface area contributed by atoms with Crippen LogP contribution < -0.4 is 5.32 Å². The second kappa shape index (κ2) is 4.97. The zero-order valence-corrected chi connectivity index (χ0v) is 9.84. The average molecular weight is 233 g/mol. The highest BCUT2D eigenvalue weighted by atomic mass is 16.5. The lowest BCUT2D eigenvalue weighted by Crippen LogP contribution is -2.07. The van der Waals surface area contributed by atoms with Crippen LogP contribution in [0.15, 0.2) is 28.8 Å². The quantitative estimate of drug-likeness (QED) is 0.845. The highest BCUT2D eigenvalue weighted by Crippen LogP contribution is 2.18. The van der Waals surface area contributed by atoms with E-state index >= 15 is 0 Å². The third-order valence-electron chi connectivity index (χ3n) is 2.41. The minimum absolute atomic E-state index is 0.0313. The number of aryl methyl sites for hydroxylation is 1. The predicted octanol–water partition coefficient (Wildman–Crippen LogP) is 2.04. The molecule has 1 aromatic heterocycles. The summed E-state index contributed by atoms with van der Waals surface area (Å²) in [5.74, 6) is 1.18. The first-order valence-electron chi connectivity index (χ1n) is 5.45. The van der Waals surface area contributed by atoms with Gasteiger partial charge in [-0.15, -0.1) is 0 Å². The molecular weight excluding hydrogens is 218 g/mol. The van der Waals surface area contributed by atoms with Crippen LogP contribution in [-0.2, 0) is 6.61 Å². The minimum Gasteiger partial charge on any atom is -0.392 e. The average Bonchev–Trinajstić information content (AvgIpc) is 2.76. The number of aliphatic hydroxyl groups excluding tert-OH is 1. The molecule has 0 bridgehead atoms. The fourth-order valence-corrected chi connectivity index (χ4v) is 1.56. The van der Waals surface area contributed by atoms with E-state index in [-0.39, 0.29) is 12.6 Å². The smallest absolute Gasteiger partial charge is 0.248 e. The van der Waals surface area contributed by atoms with E-state index in [1.54, 1.807) is 6.92 Å². The lowest BCUT2D eigenvalue weighted by atomic mass is 10.2. The monoisotopic (exact) mass is 233 g/mol. The number of benzene rings is 1. The van der Waals surface area contributed by atoms with Gasteiger partial charge in [0, 0.05) is 5.69 Å². The van der Waals surface area contributed by atoms with E-state index in [1.807, 2.05) is 31.2 Å². The Labute approximate surface area is 99.5 Å². The zero-order valence-electron chi connectivity index (χ0n) is 9.84. The van der Waals surface area contributed by atoms with Gasteiger partial charge in [0.15, 0.2) is 5.82 Å². The van der Waals surface area contributed by atoms with Gasteiger partial charge in [-0.2, -0.15) is 4.98 Å². The van der Waals surface area contributed by atoms with Crippen LogP contribution in [0.1, 0.15) is 30.2 Å². The summed E-state index contributed by atoms with van der Waals surface area (Å²) in [6.45, 7) is 3.76. The summed E-state index contributed by atoms with van der Waals surface area (Å²) in [5, 5.41) is 16.0. The normalized spacial score (nSPS) is 12.4. The van der Waals surface area contributed by atoms with Crippen LogP contribution in [0.25, 0.3) is 0 Å². The molecule has 90 valence electrons. The maximum Gasteiger partial charge on any atom is 0.248 e. The number of aliphatic hydroxyl groups is 1. The third kappa shape index (κ3) is 2.82. The molecule has 1 unspecified atom stereocenters. The largest absolute Gasteiger partial charge is 0.392 e. The molecule has 5 nitrogen and oxygen atoms in total. The highest BCUT2D eigenvalue weighted by Gasteiger charge is 2.12.